The average molecular weight is 214 g/mol. The second kappa shape index (κ2) is 4.93. The first-order valence-corrected chi connectivity index (χ1v) is 5.36. The van der Waals surface area contributed by atoms with Crippen LogP contribution in [0.2, 0.25) is 0 Å². The number of benzene rings is 2. The molecule has 0 spiro atoms. The highest BCUT2D eigenvalue weighted by Gasteiger charge is 2.15. The Labute approximate surface area is 97.1 Å². The molecule has 2 aromatic carbocycles. The van der Waals surface area contributed by atoms with Crippen LogP contribution < -0.4 is 0 Å². The van der Waals surface area contributed by atoms with Crippen LogP contribution in [0.25, 0.3) is 10.8 Å². The zero-order chi connectivity index (χ0) is 12.2. The summed E-state index contributed by atoms with van der Waals surface area (Å²) in [4.78, 5) is 8.00. The molecule has 0 bridgehead atoms. The van der Waals surface area contributed by atoms with Gasteiger partial charge >= 0.3 is 0 Å². The molecule has 0 saturated heterocycles. The van der Waals surface area contributed by atoms with Gasteiger partial charge < -0.3 is 4.79 Å². The second-order valence-electron chi connectivity index (χ2n) is 4.78. The third-order valence-corrected chi connectivity index (χ3v) is 2.60. The van der Waals surface area contributed by atoms with Crippen LogP contribution >= 0.6 is 0 Å². The topological polar surface area (TPSA) is 17.1 Å². The van der Waals surface area contributed by atoms with E-state index < -0.39 is 0 Å². The summed E-state index contributed by atoms with van der Waals surface area (Å²) < 4.78 is 0. The van der Waals surface area contributed by atoms with Crippen molar-refractivity contribution in [3.05, 3.63) is 48.0 Å². The zero-order valence-electron chi connectivity index (χ0n) is 10.2. The monoisotopic (exact) mass is 214 g/mol. The van der Waals surface area contributed by atoms with Crippen molar-refractivity contribution in [3.8, 4) is 0 Å². The highest BCUT2D eigenvalue weighted by molar-refractivity contribution is 5.86. The van der Waals surface area contributed by atoms with Crippen molar-refractivity contribution in [3.63, 3.8) is 0 Å². The predicted molar refractivity (Wildman–Crippen MR) is 69.8 cm³/mol. The largest absolute Gasteiger partial charge is 0.307 e. The quantitative estimate of drug-likeness (QED) is 0.649. The van der Waals surface area contributed by atoms with Crippen molar-refractivity contribution >= 4 is 17.6 Å². The second-order valence-corrected chi connectivity index (χ2v) is 4.78. The molecule has 0 atom stereocenters. The van der Waals surface area contributed by atoms with Crippen molar-refractivity contribution in [2.75, 3.05) is 0 Å². The molecule has 16 heavy (non-hydrogen) atoms. The maximum absolute atomic E-state index is 8.00. The molecule has 84 valence electrons. The van der Waals surface area contributed by atoms with E-state index in [-0.39, 0.29) is 5.41 Å². The molecule has 0 heterocycles. The zero-order valence-corrected chi connectivity index (χ0v) is 10.2. The highest BCUT2D eigenvalue weighted by atomic mass is 16.1. The van der Waals surface area contributed by atoms with E-state index in [1.165, 1.54) is 16.3 Å². The van der Waals surface area contributed by atoms with Gasteiger partial charge in [-0.15, -0.1) is 0 Å². The number of carbonyl (C=O) groups is 1. The molecule has 0 unspecified atom stereocenters. The van der Waals surface area contributed by atoms with Crippen LogP contribution in [0.4, 0.5) is 0 Å². The molecule has 0 aliphatic carbocycles. The lowest BCUT2D eigenvalue weighted by atomic mass is 9.84. The molecule has 1 nitrogen and oxygen atoms in total. The first-order chi connectivity index (χ1) is 7.59. The van der Waals surface area contributed by atoms with E-state index in [0.717, 1.165) is 0 Å². The fourth-order valence-corrected chi connectivity index (χ4v) is 1.88. The third kappa shape index (κ3) is 2.48. The van der Waals surface area contributed by atoms with Crippen LogP contribution in [-0.4, -0.2) is 6.79 Å². The Kier molecular flexibility index (Phi) is 3.83. The number of hydrogen-bond acceptors (Lipinski definition) is 1. The summed E-state index contributed by atoms with van der Waals surface area (Å²) in [6, 6.07) is 15.1. The van der Waals surface area contributed by atoms with Gasteiger partial charge in [-0.2, -0.15) is 0 Å². The molecular formula is C15H18O. The van der Waals surface area contributed by atoms with Gasteiger partial charge in [-0.3, -0.25) is 0 Å². The van der Waals surface area contributed by atoms with Crippen molar-refractivity contribution < 1.29 is 4.79 Å². The molecule has 0 amide bonds. The molecule has 0 radical (unpaired) electrons. The van der Waals surface area contributed by atoms with Gasteiger partial charge in [0.15, 0.2) is 0 Å². The Morgan fingerprint density at radius 3 is 2.06 bits per heavy atom. The van der Waals surface area contributed by atoms with Gasteiger partial charge in [0.1, 0.15) is 6.79 Å². The normalized spacial score (nSPS) is 10.7. The molecule has 0 N–H and O–H groups in total. The van der Waals surface area contributed by atoms with Gasteiger partial charge in [-0.05, 0) is 21.8 Å². The lowest BCUT2D eigenvalue weighted by molar-refractivity contribution is -0.0979. The predicted octanol–water partition coefficient (Wildman–Crippen LogP) is 3.95. The minimum absolute atomic E-state index is 0.223. The summed E-state index contributed by atoms with van der Waals surface area (Å²) in [6.07, 6.45) is 0. The number of rotatable bonds is 0. The molecule has 2 aromatic rings. The Hall–Kier alpha value is -1.63. The van der Waals surface area contributed by atoms with E-state index in [0.29, 0.717) is 0 Å². The van der Waals surface area contributed by atoms with Crippen molar-refractivity contribution in [1.82, 2.24) is 0 Å². The SMILES string of the molecule is C=O.CC(C)(C)c1cccc2ccccc12. The number of carbonyl (C=O) groups excluding carboxylic acids is 1. The van der Waals surface area contributed by atoms with Gasteiger partial charge in [0.2, 0.25) is 0 Å². The van der Waals surface area contributed by atoms with Crippen LogP contribution in [0.5, 0.6) is 0 Å². The van der Waals surface area contributed by atoms with Gasteiger partial charge in [-0.25, -0.2) is 0 Å². The van der Waals surface area contributed by atoms with E-state index in [4.69, 9.17) is 4.79 Å². The van der Waals surface area contributed by atoms with Crippen LogP contribution in [0.15, 0.2) is 42.5 Å². The minimum Gasteiger partial charge on any atom is -0.307 e. The van der Waals surface area contributed by atoms with Gasteiger partial charge in [0, 0.05) is 0 Å². The fraction of sp³-hybridized carbons (Fsp3) is 0.267. The summed E-state index contributed by atoms with van der Waals surface area (Å²) in [7, 11) is 0. The first-order valence-electron chi connectivity index (χ1n) is 5.36. The summed E-state index contributed by atoms with van der Waals surface area (Å²) in [6.45, 7) is 8.78. The number of fused-ring (bicyclic) bond motifs is 1. The molecule has 0 aliphatic rings. The van der Waals surface area contributed by atoms with Crippen LogP contribution in [0.1, 0.15) is 26.3 Å². The first kappa shape index (κ1) is 12.4. The van der Waals surface area contributed by atoms with Crippen molar-refractivity contribution in [2.24, 2.45) is 0 Å². The fourth-order valence-electron chi connectivity index (χ4n) is 1.88. The molecule has 0 aliphatic heterocycles. The van der Waals surface area contributed by atoms with Gasteiger partial charge in [0.25, 0.3) is 0 Å². The highest BCUT2D eigenvalue weighted by Crippen LogP contribution is 2.29. The molecule has 1 heteroatoms. The number of hydrogen-bond donors (Lipinski definition) is 0. The van der Waals surface area contributed by atoms with E-state index in [1.54, 1.807) is 0 Å². The molecule has 2 rings (SSSR count). The standard InChI is InChI=1S/C14H16.CH2O/c1-14(2,3)13-10-6-8-11-7-4-5-9-12(11)13;1-2/h4-10H,1-3H3;1H2. The average Bonchev–Trinajstić information content (AvgIpc) is 2.30. The maximum atomic E-state index is 8.00. The van der Waals surface area contributed by atoms with Crippen LogP contribution in [0.3, 0.4) is 0 Å². The lowest BCUT2D eigenvalue weighted by Crippen LogP contribution is -2.11. The Morgan fingerprint density at radius 2 is 1.44 bits per heavy atom. The molecular weight excluding hydrogens is 196 g/mol. The lowest BCUT2D eigenvalue weighted by Gasteiger charge is -2.21. The minimum atomic E-state index is 0.223. The van der Waals surface area contributed by atoms with E-state index in [9.17, 15) is 0 Å². The molecule has 0 saturated carbocycles. The maximum Gasteiger partial charge on any atom is 0.106 e. The van der Waals surface area contributed by atoms with Gasteiger partial charge in [-0.1, -0.05) is 63.2 Å². The van der Waals surface area contributed by atoms with Crippen molar-refractivity contribution in [2.45, 2.75) is 26.2 Å². The Balaban J connectivity index is 0.000000606. The third-order valence-electron chi connectivity index (χ3n) is 2.60. The van der Waals surface area contributed by atoms with Crippen LogP contribution in [-0.2, 0) is 10.2 Å². The smallest absolute Gasteiger partial charge is 0.106 e. The summed E-state index contributed by atoms with van der Waals surface area (Å²) in [5.74, 6) is 0. The molecule has 0 fully saturated rings. The molecule has 0 aromatic heterocycles. The summed E-state index contributed by atoms with van der Waals surface area (Å²) >= 11 is 0. The van der Waals surface area contributed by atoms with Gasteiger partial charge in [0.05, 0.1) is 0 Å². The summed E-state index contributed by atoms with van der Waals surface area (Å²) in [5.41, 5.74) is 1.65. The van der Waals surface area contributed by atoms with Crippen LogP contribution in [0, 0.1) is 0 Å². The Morgan fingerprint density at radius 1 is 0.875 bits per heavy atom. The summed E-state index contributed by atoms with van der Waals surface area (Å²) in [5, 5.41) is 2.71. The van der Waals surface area contributed by atoms with Crippen molar-refractivity contribution in [1.29, 1.82) is 0 Å². The van der Waals surface area contributed by atoms with E-state index in [2.05, 4.69) is 63.2 Å². The van der Waals surface area contributed by atoms with E-state index in [1.807, 2.05) is 6.79 Å². The Bertz CT molecular complexity index is 461. The van der Waals surface area contributed by atoms with E-state index >= 15 is 0 Å².